The molecule has 2 aromatic heterocycles. The van der Waals surface area contributed by atoms with Crippen molar-refractivity contribution in [3.63, 3.8) is 0 Å². The van der Waals surface area contributed by atoms with Gasteiger partial charge >= 0.3 is 0 Å². The van der Waals surface area contributed by atoms with Crippen molar-refractivity contribution in [3.05, 3.63) is 70.9 Å². The Hall–Kier alpha value is -2.89. The third kappa shape index (κ3) is 3.33. The van der Waals surface area contributed by atoms with Crippen LogP contribution in [0.15, 0.2) is 36.5 Å². The smallest absolute Gasteiger partial charge is 0.164 e. The third-order valence-electron chi connectivity index (χ3n) is 8.18. The summed E-state index contributed by atoms with van der Waals surface area (Å²) in [6.45, 7) is 3.71. The molecule has 1 N–H and O–H groups in total. The number of nitrogens with one attached hydrogen (secondary N) is 1. The van der Waals surface area contributed by atoms with Crippen LogP contribution in [0.25, 0.3) is 21.9 Å². The van der Waals surface area contributed by atoms with E-state index in [0.717, 1.165) is 36.0 Å². The summed E-state index contributed by atoms with van der Waals surface area (Å²) in [6, 6.07) is 8.13. The Morgan fingerprint density at radius 1 is 1.06 bits per heavy atom. The quantitative estimate of drug-likeness (QED) is 0.359. The molecule has 2 aliphatic carbocycles. The van der Waals surface area contributed by atoms with Gasteiger partial charge in [-0.3, -0.25) is 4.98 Å². The number of H-pyrrole nitrogens is 1. The number of fused-ring (bicyclic) bond motifs is 4. The molecule has 2 bridgehead atoms. The average molecular weight is 450 g/mol. The predicted molar refractivity (Wildman–Crippen MR) is 123 cm³/mol. The number of aromatic nitrogens is 3. The van der Waals surface area contributed by atoms with Gasteiger partial charge in [0.25, 0.3) is 0 Å². The van der Waals surface area contributed by atoms with Gasteiger partial charge in [0.1, 0.15) is 11.6 Å². The molecule has 6 rings (SSSR count). The zero-order valence-electron chi connectivity index (χ0n) is 18.7. The van der Waals surface area contributed by atoms with Crippen molar-refractivity contribution in [2.75, 3.05) is 0 Å². The lowest BCUT2D eigenvalue weighted by Crippen LogP contribution is -2.19. The Morgan fingerprint density at radius 2 is 1.91 bits per heavy atom. The first-order chi connectivity index (χ1) is 15.9. The van der Waals surface area contributed by atoms with Crippen molar-refractivity contribution in [1.82, 2.24) is 15.0 Å². The second-order valence-electron chi connectivity index (χ2n) is 10.1. The molecule has 0 amide bonds. The van der Waals surface area contributed by atoms with Crippen LogP contribution in [0.4, 0.5) is 13.2 Å². The largest absolute Gasteiger partial charge is 0.342 e. The van der Waals surface area contributed by atoms with Crippen LogP contribution in [0.2, 0.25) is 0 Å². The van der Waals surface area contributed by atoms with E-state index in [2.05, 4.69) is 27.9 Å². The van der Waals surface area contributed by atoms with Gasteiger partial charge in [-0.1, -0.05) is 6.92 Å². The monoisotopic (exact) mass is 449 g/mol. The molecule has 6 heteroatoms. The normalized spacial score (nSPS) is 25.4. The van der Waals surface area contributed by atoms with Gasteiger partial charge in [0, 0.05) is 29.1 Å². The molecule has 5 atom stereocenters. The van der Waals surface area contributed by atoms with Crippen LogP contribution in [0.5, 0.6) is 0 Å². The van der Waals surface area contributed by atoms with Crippen molar-refractivity contribution < 1.29 is 13.2 Å². The Kier molecular flexibility index (Phi) is 4.75. The highest BCUT2D eigenvalue weighted by Gasteiger charge is 2.46. The van der Waals surface area contributed by atoms with Crippen molar-refractivity contribution in [2.24, 2.45) is 17.8 Å². The van der Waals surface area contributed by atoms with E-state index < -0.39 is 11.6 Å². The highest BCUT2D eigenvalue weighted by molar-refractivity contribution is 5.82. The average Bonchev–Trinajstić information content (AvgIpc) is 3.51. The molecule has 0 spiro atoms. The standard InChI is InChI=1S/C27H26F3N3/c1-13(27-32-24-12-22(29)25(30)14(2)26(24)33-27)7-15-8-17-9-16(15)10-20(17)19-5-6-31-23-4-3-18(28)11-21(19)23/h3-6,11-13,15-17,20H,7-10H2,1-2H3,(H,32,33)/t13-,15?,16?,17?,20?/m1/s1. The van der Waals surface area contributed by atoms with Crippen LogP contribution in [-0.4, -0.2) is 15.0 Å². The van der Waals surface area contributed by atoms with E-state index in [1.807, 2.05) is 6.20 Å². The molecule has 2 saturated carbocycles. The summed E-state index contributed by atoms with van der Waals surface area (Å²) < 4.78 is 41.7. The summed E-state index contributed by atoms with van der Waals surface area (Å²) in [4.78, 5) is 12.3. The Balaban J connectivity index is 1.20. The van der Waals surface area contributed by atoms with Gasteiger partial charge in [0.15, 0.2) is 11.6 Å². The fourth-order valence-corrected chi connectivity index (χ4v) is 6.60. The molecule has 2 aliphatic rings. The summed E-state index contributed by atoms with van der Waals surface area (Å²) in [5.41, 5.74) is 3.41. The molecule has 4 aromatic rings. The van der Waals surface area contributed by atoms with Gasteiger partial charge in [-0.2, -0.15) is 0 Å². The maximum absolute atomic E-state index is 13.9. The number of aryl methyl sites for hydroxylation is 1. The zero-order valence-corrected chi connectivity index (χ0v) is 18.7. The number of nitrogens with zero attached hydrogens (tertiary/aromatic N) is 2. The maximum atomic E-state index is 13.9. The van der Waals surface area contributed by atoms with Crippen molar-refractivity contribution in [3.8, 4) is 0 Å². The van der Waals surface area contributed by atoms with Crippen LogP contribution in [0.1, 0.15) is 61.4 Å². The lowest BCUT2D eigenvalue weighted by atomic mass is 9.75. The molecule has 33 heavy (non-hydrogen) atoms. The number of pyridine rings is 1. The van der Waals surface area contributed by atoms with Gasteiger partial charge in [0.2, 0.25) is 0 Å². The lowest BCUT2D eigenvalue weighted by molar-refractivity contribution is 0.276. The number of hydrogen-bond acceptors (Lipinski definition) is 2. The van der Waals surface area contributed by atoms with Crippen LogP contribution in [0.3, 0.4) is 0 Å². The van der Waals surface area contributed by atoms with E-state index in [0.29, 0.717) is 34.7 Å². The van der Waals surface area contributed by atoms with Crippen LogP contribution in [0, 0.1) is 42.1 Å². The molecule has 0 saturated heterocycles. The first-order valence-corrected chi connectivity index (χ1v) is 11.8. The van der Waals surface area contributed by atoms with Gasteiger partial charge < -0.3 is 4.98 Å². The number of aromatic amines is 1. The van der Waals surface area contributed by atoms with E-state index in [9.17, 15) is 13.2 Å². The van der Waals surface area contributed by atoms with Crippen molar-refractivity contribution >= 4 is 21.9 Å². The highest BCUT2D eigenvalue weighted by atomic mass is 19.2. The van der Waals surface area contributed by atoms with E-state index in [-0.39, 0.29) is 17.3 Å². The van der Waals surface area contributed by atoms with E-state index in [1.54, 1.807) is 19.1 Å². The zero-order chi connectivity index (χ0) is 22.9. The van der Waals surface area contributed by atoms with E-state index in [4.69, 9.17) is 0 Å². The summed E-state index contributed by atoms with van der Waals surface area (Å²) in [7, 11) is 0. The maximum Gasteiger partial charge on any atom is 0.164 e. The third-order valence-corrected chi connectivity index (χ3v) is 8.18. The number of imidazole rings is 1. The second-order valence-corrected chi connectivity index (χ2v) is 10.1. The fraction of sp³-hybridized carbons (Fsp3) is 0.407. The molecule has 3 nitrogen and oxygen atoms in total. The summed E-state index contributed by atoms with van der Waals surface area (Å²) in [6.07, 6.45) is 6.32. The van der Waals surface area contributed by atoms with Crippen LogP contribution >= 0.6 is 0 Å². The lowest BCUT2D eigenvalue weighted by Gasteiger charge is -2.30. The van der Waals surface area contributed by atoms with E-state index in [1.165, 1.54) is 24.1 Å². The molecule has 0 radical (unpaired) electrons. The number of rotatable bonds is 4. The molecule has 0 aliphatic heterocycles. The first kappa shape index (κ1) is 20.7. The summed E-state index contributed by atoms with van der Waals surface area (Å²) >= 11 is 0. The van der Waals surface area contributed by atoms with Crippen molar-refractivity contribution in [1.29, 1.82) is 0 Å². The minimum absolute atomic E-state index is 0.182. The topological polar surface area (TPSA) is 41.6 Å². The summed E-state index contributed by atoms with van der Waals surface area (Å²) in [5.74, 6) is 1.40. The Morgan fingerprint density at radius 3 is 2.70 bits per heavy atom. The molecule has 2 fully saturated rings. The van der Waals surface area contributed by atoms with Gasteiger partial charge in [-0.15, -0.1) is 0 Å². The van der Waals surface area contributed by atoms with Crippen molar-refractivity contribution in [2.45, 2.75) is 51.4 Å². The predicted octanol–water partition coefficient (Wildman–Crippen LogP) is 7.16. The molecular weight excluding hydrogens is 423 g/mol. The fourth-order valence-electron chi connectivity index (χ4n) is 6.60. The van der Waals surface area contributed by atoms with Gasteiger partial charge in [0.05, 0.1) is 16.6 Å². The second kappa shape index (κ2) is 7.57. The molecule has 2 heterocycles. The Labute approximate surface area is 190 Å². The minimum atomic E-state index is -0.842. The molecule has 2 aromatic carbocycles. The first-order valence-electron chi connectivity index (χ1n) is 11.8. The summed E-state index contributed by atoms with van der Waals surface area (Å²) in [5, 5.41) is 0.942. The highest BCUT2D eigenvalue weighted by Crippen LogP contribution is 2.58. The molecular formula is C27H26F3N3. The van der Waals surface area contributed by atoms with Gasteiger partial charge in [-0.05, 0) is 86.1 Å². The van der Waals surface area contributed by atoms with Crippen LogP contribution in [-0.2, 0) is 0 Å². The van der Waals surface area contributed by atoms with E-state index >= 15 is 0 Å². The minimum Gasteiger partial charge on any atom is -0.342 e. The SMILES string of the molecule is Cc1c(F)c(F)cc2[nH]c([C@H](C)CC3CC4CC3CC4c3ccnc4ccc(F)cc34)nc12. The van der Waals surface area contributed by atoms with Crippen LogP contribution < -0.4 is 0 Å². The Bertz CT molecular complexity index is 1380. The number of halogens is 3. The number of hydrogen-bond donors (Lipinski definition) is 1. The molecule has 170 valence electrons. The number of benzene rings is 2. The van der Waals surface area contributed by atoms with Gasteiger partial charge in [-0.25, -0.2) is 18.2 Å². The molecule has 4 unspecified atom stereocenters.